The van der Waals surface area contributed by atoms with Gasteiger partial charge in [-0.25, -0.2) is 0 Å². The molecule has 2 aromatic rings. The van der Waals surface area contributed by atoms with E-state index in [1.165, 1.54) is 11.2 Å². The van der Waals surface area contributed by atoms with Crippen molar-refractivity contribution in [2.24, 2.45) is 0 Å². The van der Waals surface area contributed by atoms with E-state index in [1.807, 2.05) is 12.1 Å². The van der Waals surface area contributed by atoms with Crippen molar-refractivity contribution in [1.29, 1.82) is 0 Å². The average Bonchev–Trinajstić information content (AvgIpc) is 2.51. The summed E-state index contributed by atoms with van der Waals surface area (Å²) in [7, 11) is 0. The van der Waals surface area contributed by atoms with Crippen molar-refractivity contribution in [3.05, 3.63) is 63.4 Å². The van der Waals surface area contributed by atoms with Crippen molar-refractivity contribution in [1.82, 2.24) is 0 Å². The summed E-state index contributed by atoms with van der Waals surface area (Å²) >= 11 is 6.45. The first-order valence-corrected chi connectivity index (χ1v) is 7.60. The zero-order chi connectivity index (χ0) is 15.0. The predicted octanol–water partition coefficient (Wildman–Crippen LogP) is 4.43. The monoisotopic (exact) mass is 409 g/mol. The van der Waals surface area contributed by atoms with Crippen molar-refractivity contribution in [3.8, 4) is 11.5 Å². The highest BCUT2D eigenvalue weighted by atomic mass is 79.9. The van der Waals surface area contributed by atoms with Gasteiger partial charge in [0.05, 0.1) is 14.6 Å². The molecular formula is C15H9Br2NO3. The number of halogens is 2. The molecule has 0 unspecified atom stereocenters. The molecule has 0 saturated heterocycles. The number of fused-ring (bicyclic) bond motifs is 1. The lowest BCUT2D eigenvalue weighted by Gasteiger charge is -2.24. The molecule has 0 aromatic heterocycles. The minimum absolute atomic E-state index is 0.0597. The van der Waals surface area contributed by atoms with E-state index in [0.717, 1.165) is 0 Å². The van der Waals surface area contributed by atoms with Gasteiger partial charge in [0.2, 0.25) is 0 Å². The number of anilines is 1. The second-order valence-electron chi connectivity index (χ2n) is 4.33. The van der Waals surface area contributed by atoms with Gasteiger partial charge in [0.1, 0.15) is 12.0 Å². The van der Waals surface area contributed by atoms with E-state index >= 15 is 0 Å². The Balaban J connectivity index is 2.03. The molecule has 0 saturated carbocycles. The second-order valence-corrected chi connectivity index (χ2v) is 6.04. The number of hydrogen-bond donors (Lipinski definition) is 1. The zero-order valence-electron chi connectivity index (χ0n) is 10.6. The minimum atomic E-state index is -0.219. The molecule has 1 heterocycles. The van der Waals surface area contributed by atoms with Crippen molar-refractivity contribution < 1.29 is 14.6 Å². The van der Waals surface area contributed by atoms with E-state index in [2.05, 4.69) is 31.9 Å². The maximum absolute atomic E-state index is 12.7. The number of hydrogen-bond acceptors (Lipinski definition) is 3. The minimum Gasteiger partial charge on any atom is -0.506 e. The number of nitrogens with zero attached hydrogens (tertiary/aromatic N) is 1. The van der Waals surface area contributed by atoms with Crippen LogP contribution in [0.2, 0.25) is 0 Å². The molecular weight excluding hydrogens is 402 g/mol. The number of rotatable bonds is 1. The summed E-state index contributed by atoms with van der Waals surface area (Å²) in [6.07, 6.45) is 3.03. The van der Waals surface area contributed by atoms with Crippen LogP contribution in [0, 0.1) is 0 Å². The van der Waals surface area contributed by atoms with Crippen molar-refractivity contribution >= 4 is 43.5 Å². The van der Waals surface area contributed by atoms with E-state index < -0.39 is 0 Å². The van der Waals surface area contributed by atoms with E-state index in [-0.39, 0.29) is 11.7 Å². The van der Waals surface area contributed by atoms with Gasteiger partial charge in [-0.3, -0.25) is 9.69 Å². The van der Waals surface area contributed by atoms with Crippen molar-refractivity contribution in [3.63, 3.8) is 0 Å². The SMILES string of the molecule is O=C(c1cc(Br)c(O)c(Br)c1)N1C=COc2ccccc21. The second kappa shape index (κ2) is 5.54. The number of benzene rings is 2. The molecule has 0 fully saturated rings. The summed E-state index contributed by atoms with van der Waals surface area (Å²) < 4.78 is 6.27. The Kier molecular flexibility index (Phi) is 3.73. The third kappa shape index (κ3) is 2.56. The third-order valence-corrected chi connectivity index (χ3v) is 4.22. The quantitative estimate of drug-likeness (QED) is 0.756. The molecule has 0 bridgehead atoms. The molecule has 1 N–H and O–H groups in total. The van der Waals surface area contributed by atoms with Crippen LogP contribution >= 0.6 is 31.9 Å². The lowest BCUT2D eigenvalue weighted by molar-refractivity contribution is 0.0995. The fourth-order valence-corrected chi connectivity index (χ4v) is 3.19. The Bertz CT molecular complexity index is 735. The maximum Gasteiger partial charge on any atom is 0.262 e. The number of phenolic OH excluding ortho intramolecular Hbond substituents is 1. The fourth-order valence-electron chi connectivity index (χ4n) is 2.01. The lowest BCUT2D eigenvalue weighted by atomic mass is 10.1. The maximum atomic E-state index is 12.7. The van der Waals surface area contributed by atoms with Gasteiger partial charge in [-0.1, -0.05) is 12.1 Å². The summed E-state index contributed by atoms with van der Waals surface area (Å²) in [5, 5.41) is 9.73. The topological polar surface area (TPSA) is 49.8 Å². The largest absolute Gasteiger partial charge is 0.506 e. The van der Waals surface area contributed by atoms with Crippen molar-refractivity contribution in [2.45, 2.75) is 0 Å². The van der Waals surface area contributed by atoms with Crippen LogP contribution in [0.25, 0.3) is 0 Å². The molecule has 0 radical (unpaired) electrons. The van der Waals surface area contributed by atoms with Crippen LogP contribution in [-0.4, -0.2) is 11.0 Å². The van der Waals surface area contributed by atoms with Crippen LogP contribution in [0.3, 0.4) is 0 Å². The Morgan fingerprint density at radius 2 is 1.81 bits per heavy atom. The van der Waals surface area contributed by atoms with E-state index in [1.54, 1.807) is 30.5 Å². The number of carbonyl (C=O) groups is 1. The van der Waals surface area contributed by atoms with Crippen LogP contribution in [-0.2, 0) is 0 Å². The first kappa shape index (κ1) is 14.2. The van der Waals surface area contributed by atoms with E-state index in [0.29, 0.717) is 25.9 Å². The van der Waals surface area contributed by atoms with Gasteiger partial charge in [-0.15, -0.1) is 0 Å². The summed E-state index contributed by atoms with van der Waals surface area (Å²) in [6.45, 7) is 0. The van der Waals surface area contributed by atoms with Crippen LogP contribution in [0.5, 0.6) is 11.5 Å². The van der Waals surface area contributed by atoms with Gasteiger partial charge >= 0.3 is 0 Å². The highest BCUT2D eigenvalue weighted by molar-refractivity contribution is 9.11. The third-order valence-electron chi connectivity index (χ3n) is 3.01. The molecule has 0 aliphatic carbocycles. The van der Waals surface area contributed by atoms with Crippen LogP contribution < -0.4 is 9.64 Å². The molecule has 1 amide bonds. The molecule has 1 aliphatic rings. The molecule has 0 atom stereocenters. The number of para-hydroxylation sites is 2. The Labute approximate surface area is 137 Å². The Morgan fingerprint density at radius 3 is 2.52 bits per heavy atom. The van der Waals surface area contributed by atoms with Crippen LogP contribution in [0.4, 0.5) is 5.69 Å². The molecule has 2 aromatic carbocycles. The number of aromatic hydroxyl groups is 1. The smallest absolute Gasteiger partial charge is 0.262 e. The van der Waals surface area contributed by atoms with Gasteiger partial charge < -0.3 is 9.84 Å². The van der Waals surface area contributed by atoms with Gasteiger partial charge in [0, 0.05) is 11.8 Å². The predicted molar refractivity (Wildman–Crippen MR) is 86.5 cm³/mol. The number of carbonyl (C=O) groups excluding carboxylic acids is 1. The normalized spacial score (nSPS) is 12.8. The summed E-state index contributed by atoms with van der Waals surface area (Å²) in [5.41, 5.74) is 1.11. The number of ether oxygens (including phenoxy) is 1. The van der Waals surface area contributed by atoms with Gasteiger partial charge in [-0.2, -0.15) is 0 Å². The summed E-state index contributed by atoms with van der Waals surface area (Å²) in [4.78, 5) is 14.2. The Morgan fingerprint density at radius 1 is 1.14 bits per heavy atom. The molecule has 3 rings (SSSR count). The number of amides is 1. The molecule has 1 aliphatic heterocycles. The van der Waals surface area contributed by atoms with Gasteiger partial charge in [0.25, 0.3) is 5.91 Å². The Hall–Kier alpha value is -1.79. The molecule has 21 heavy (non-hydrogen) atoms. The van der Waals surface area contributed by atoms with Crippen LogP contribution in [0.15, 0.2) is 57.8 Å². The first-order valence-electron chi connectivity index (χ1n) is 6.02. The van der Waals surface area contributed by atoms with E-state index in [9.17, 15) is 9.90 Å². The van der Waals surface area contributed by atoms with Crippen LogP contribution in [0.1, 0.15) is 10.4 Å². The van der Waals surface area contributed by atoms with Crippen molar-refractivity contribution in [2.75, 3.05) is 4.90 Å². The number of phenols is 1. The average molecular weight is 411 g/mol. The zero-order valence-corrected chi connectivity index (χ0v) is 13.8. The first-order chi connectivity index (χ1) is 10.1. The summed E-state index contributed by atoms with van der Waals surface area (Å²) in [5.74, 6) is 0.457. The molecule has 4 nitrogen and oxygen atoms in total. The van der Waals surface area contributed by atoms with E-state index in [4.69, 9.17) is 4.74 Å². The summed E-state index contributed by atoms with van der Waals surface area (Å²) in [6, 6.07) is 10.4. The molecule has 0 spiro atoms. The van der Waals surface area contributed by atoms with Gasteiger partial charge in [-0.05, 0) is 56.1 Å². The molecule has 106 valence electrons. The lowest BCUT2D eigenvalue weighted by Crippen LogP contribution is -2.27. The fraction of sp³-hybridized carbons (Fsp3) is 0. The highest BCUT2D eigenvalue weighted by Crippen LogP contribution is 2.36. The standard InChI is InChI=1S/C15H9Br2NO3/c16-10-7-9(8-11(17)14(10)19)15(20)18-5-6-21-13-4-2-1-3-12(13)18/h1-8,19H. The highest BCUT2D eigenvalue weighted by Gasteiger charge is 2.22. The molecule has 6 heteroatoms. The van der Waals surface area contributed by atoms with Gasteiger partial charge in [0.15, 0.2) is 5.75 Å².